The highest BCUT2D eigenvalue weighted by molar-refractivity contribution is 5.72. The number of allylic oxidation sites excluding steroid dienone is 1. The Hall–Kier alpha value is -0.790. The van der Waals surface area contributed by atoms with Crippen molar-refractivity contribution < 1.29 is 9.53 Å². The Morgan fingerprint density at radius 2 is 2.14 bits per heavy atom. The SMILES string of the molecule is C=CC[C@@H](CCCCCC)C(=O)OC. The molecule has 0 saturated heterocycles. The van der Waals surface area contributed by atoms with Crippen LogP contribution in [0.15, 0.2) is 12.7 Å². The minimum Gasteiger partial charge on any atom is -0.469 e. The predicted molar refractivity (Wildman–Crippen MR) is 59.1 cm³/mol. The van der Waals surface area contributed by atoms with Gasteiger partial charge in [0.1, 0.15) is 0 Å². The van der Waals surface area contributed by atoms with Gasteiger partial charge >= 0.3 is 5.97 Å². The number of ether oxygens (including phenoxy) is 1. The van der Waals surface area contributed by atoms with Gasteiger partial charge in [-0.25, -0.2) is 0 Å². The second-order valence-corrected chi connectivity index (χ2v) is 3.59. The fourth-order valence-electron chi connectivity index (χ4n) is 1.52. The number of methoxy groups -OCH3 is 1. The molecule has 0 N–H and O–H groups in total. The zero-order chi connectivity index (χ0) is 10.8. The lowest BCUT2D eigenvalue weighted by atomic mass is 9.98. The topological polar surface area (TPSA) is 26.3 Å². The Morgan fingerprint density at radius 3 is 2.64 bits per heavy atom. The maximum Gasteiger partial charge on any atom is 0.308 e. The third kappa shape index (κ3) is 5.79. The summed E-state index contributed by atoms with van der Waals surface area (Å²) in [5, 5.41) is 0. The van der Waals surface area contributed by atoms with Crippen LogP contribution in [0.4, 0.5) is 0 Å². The van der Waals surface area contributed by atoms with E-state index in [1.807, 2.05) is 0 Å². The van der Waals surface area contributed by atoms with Crippen molar-refractivity contribution in [1.29, 1.82) is 0 Å². The van der Waals surface area contributed by atoms with E-state index in [0.29, 0.717) is 0 Å². The molecule has 0 amide bonds. The second-order valence-electron chi connectivity index (χ2n) is 3.59. The van der Waals surface area contributed by atoms with Crippen LogP contribution in [0.2, 0.25) is 0 Å². The Balaban J connectivity index is 3.72. The predicted octanol–water partition coefficient (Wildman–Crippen LogP) is 3.32. The monoisotopic (exact) mass is 198 g/mol. The fourth-order valence-corrected chi connectivity index (χ4v) is 1.52. The third-order valence-electron chi connectivity index (χ3n) is 2.39. The molecule has 0 fully saturated rings. The normalized spacial score (nSPS) is 12.1. The Labute approximate surface area is 87.3 Å². The fraction of sp³-hybridized carbons (Fsp3) is 0.750. The quantitative estimate of drug-likeness (QED) is 0.340. The smallest absolute Gasteiger partial charge is 0.308 e. The summed E-state index contributed by atoms with van der Waals surface area (Å²) in [6, 6.07) is 0. The van der Waals surface area contributed by atoms with E-state index >= 15 is 0 Å². The summed E-state index contributed by atoms with van der Waals surface area (Å²) in [7, 11) is 1.45. The molecule has 0 saturated carbocycles. The van der Waals surface area contributed by atoms with Crippen LogP contribution in [-0.2, 0) is 9.53 Å². The first kappa shape index (κ1) is 13.2. The van der Waals surface area contributed by atoms with Crippen molar-refractivity contribution in [1.82, 2.24) is 0 Å². The van der Waals surface area contributed by atoms with E-state index in [0.717, 1.165) is 19.3 Å². The molecule has 82 valence electrons. The van der Waals surface area contributed by atoms with Crippen molar-refractivity contribution >= 4 is 5.97 Å². The number of rotatable bonds is 8. The van der Waals surface area contributed by atoms with E-state index in [4.69, 9.17) is 4.74 Å². The van der Waals surface area contributed by atoms with Gasteiger partial charge in [0.25, 0.3) is 0 Å². The van der Waals surface area contributed by atoms with Gasteiger partial charge in [-0.05, 0) is 12.8 Å². The van der Waals surface area contributed by atoms with E-state index in [-0.39, 0.29) is 11.9 Å². The van der Waals surface area contributed by atoms with E-state index in [1.54, 1.807) is 6.08 Å². The number of unbranched alkanes of at least 4 members (excludes halogenated alkanes) is 3. The van der Waals surface area contributed by atoms with Crippen molar-refractivity contribution in [2.75, 3.05) is 7.11 Å². The van der Waals surface area contributed by atoms with Crippen molar-refractivity contribution in [2.24, 2.45) is 5.92 Å². The molecule has 0 radical (unpaired) electrons. The molecule has 2 heteroatoms. The number of hydrogen-bond donors (Lipinski definition) is 0. The summed E-state index contributed by atoms with van der Waals surface area (Å²) in [5.41, 5.74) is 0. The largest absolute Gasteiger partial charge is 0.469 e. The zero-order valence-corrected chi connectivity index (χ0v) is 9.42. The number of esters is 1. The van der Waals surface area contributed by atoms with Gasteiger partial charge in [0, 0.05) is 0 Å². The summed E-state index contributed by atoms with van der Waals surface area (Å²) in [6.45, 7) is 5.84. The molecular weight excluding hydrogens is 176 g/mol. The Kier molecular flexibility index (Phi) is 8.30. The van der Waals surface area contributed by atoms with Crippen LogP contribution in [0, 0.1) is 5.92 Å². The van der Waals surface area contributed by atoms with Gasteiger partial charge in [0.15, 0.2) is 0 Å². The molecule has 0 rings (SSSR count). The zero-order valence-electron chi connectivity index (χ0n) is 9.42. The molecule has 0 aliphatic heterocycles. The lowest BCUT2D eigenvalue weighted by Crippen LogP contribution is -2.15. The van der Waals surface area contributed by atoms with Gasteiger partial charge in [0.05, 0.1) is 13.0 Å². The van der Waals surface area contributed by atoms with Gasteiger partial charge in [-0.2, -0.15) is 0 Å². The molecule has 0 bridgehead atoms. The molecular formula is C12H22O2. The van der Waals surface area contributed by atoms with Gasteiger partial charge in [-0.3, -0.25) is 4.79 Å². The van der Waals surface area contributed by atoms with Gasteiger partial charge in [0.2, 0.25) is 0 Å². The molecule has 0 aliphatic carbocycles. The van der Waals surface area contributed by atoms with Crippen LogP contribution in [0.25, 0.3) is 0 Å². The molecule has 1 atom stereocenters. The standard InChI is InChI=1S/C12H22O2/c1-4-6-7-8-10-11(9-5-2)12(13)14-3/h5,11H,2,4,6-10H2,1,3H3/t11-/m0/s1. The van der Waals surface area contributed by atoms with E-state index in [9.17, 15) is 4.79 Å². The van der Waals surface area contributed by atoms with Crippen LogP contribution in [-0.4, -0.2) is 13.1 Å². The third-order valence-corrected chi connectivity index (χ3v) is 2.39. The van der Waals surface area contributed by atoms with E-state index in [2.05, 4.69) is 13.5 Å². The molecule has 14 heavy (non-hydrogen) atoms. The first-order chi connectivity index (χ1) is 6.76. The first-order valence-electron chi connectivity index (χ1n) is 5.45. The van der Waals surface area contributed by atoms with Crippen LogP contribution >= 0.6 is 0 Å². The lowest BCUT2D eigenvalue weighted by molar-refractivity contribution is -0.145. The van der Waals surface area contributed by atoms with E-state index in [1.165, 1.54) is 26.4 Å². The molecule has 0 aliphatic rings. The summed E-state index contributed by atoms with van der Waals surface area (Å²) in [4.78, 5) is 11.3. The van der Waals surface area contributed by atoms with Gasteiger partial charge < -0.3 is 4.74 Å². The maximum absolute atomic E-state index is 11.3. The molecule has 0 heterocycles. The van der Waals surface area contributed by atoms with Crippen LogP contribution < -0.4 is 0 Å². The summed E-state index contributed by atoms with van der Waals surface area (Å²) in [5.74, 6) is -0.0734. The maximum atomic E-state index is 11.3. The van der Waals surface area contributed by atoms with Gasteiger partial charge in [-0.1, -0.05) is 38.7 Å². The highest BCUT2D eigenvalue weighted by Crippen LogP contribution is 2.16. The highest BCUT2D eigenvalue weighted by Gasteiger charge is 2.16. The summed E-state index contributed by atoms with van der Waals surface area (Å²) >= 11 is 0. The minimum atomic E-state index is -0.0959. The number of hydrogen-bond acceptors (Lipinski definition) is 2. The van der Waals surface area contributed by atoms with Gasteiger partial charge in [-0.15, -0.1) is 6.58 Å². The van der Waals surface area contributed by atoms with Crippen LogP contribution in [0.1, 0.15) is 45.4 Å². The second kappa shape index (κ2) is 8.79. The number of carbonyl (C=O) groups excluding carboxylic acids is 1. The lowest BCUT2D eigenvalue weighted by Gasteiger charge is -2.11. The van der Waals surface area contributed by atoms with Crippen LogP contribution in [0.5, 0.6) is 0 Å². The van der Waals surface area contributed by atoms with Crippen molar-refractivity contribution in [3.63, 3.8) is 0 Å². The molecule has 0 aromatic carbocycles. The average Bonchev–Trinajstić information content (AvgIpc) is 2.21. The minimum absolute atomic E-state index is 0.0226. The molecule has 0 aromatic rings. The molecule has 0 aromatic heterocycles. The van der Waals surface area contributed by atoms with Crippen molar-refractivity contribution in [2.45, 2.75) is 45.4 Å². The average molecular weight is 198 g/mol. The first-order valence-corrected chi connectivity index (χ1v) is 5.45. The van der Waals surface area contributed by atoms with Crippen molar-refractivity contribution in [3.8, 4) is 0 Å². The molecule has 0 spiro atoms. The highest BCUT2D eigenvalue weighted by atomic mass is 16.5. The Bertz CT molecular complexity index is 164. The summed E-state index contributed by atoms with van der Waals surface area (Å²) < 4.78 is 4.74. The van der Waals surface area contributed by atoms with Crippen LogP contribution in [0.3, 0.4) is 0 Å². The van der Waals surface area contributed by atoms with Crippen molar-refractivity contribution in [3.05, 3.63) is 12.7 Å². The molecule has 2 nitrogen and oxygen atoms in total. The number of carbonyl (C=O) groups is 1. The van der Waals surface area contributed by atoms with E-state index < -0.39 is 0 Å². The molecule has 0 unspecified atom stereocenters. The Morgan fingerprint density at radius 1 is 1.43 bits per heavy atom. The summed E-state index contributed by atoms with van der Waals surface area (Å²) in [6.07, 6.45) is 8.26.